The van der Waals surface area contributed by atoms with Crippen LogP contribution in [0.3, 0.4) is 0 Å². The lowest BCUT2D eigenvalue weighted by molar-refractivity contribution is 0.0990. The SMILES string of the molecule is O=C(Cc1c(F)cccc1F)c1ccc(Br)c(F)c1. The van der Waals surface area contributed by atoms with Gasteiger partial charge in [0.05, 0.1) is 4.47 Å². The molecule has 2 aromatic rings. The van der Waals surface area contributed by atoms with Gasteiger partial charge in [0.1, 0.15) is 17.5 Å². The van der Waals surface area contributed by atoms with E-state index in [-0.39, 0.29) is 15.6 Å². The summed E-state index contributed by atoms with van der Waals surface area (Å²) < 4.78 is 40.3. The first kappa shape index (κ1) is 13.8. The summed E-state index contributed by atoms with van der Waals surface area (Å²) in [7, 11) is 0. The van der Waals surface area contributed by atoms with Crippen molar-refractivity contribution in [3.05, 3.63) is 69.4 Å². The summed E-state index contributed by atoms with van der Waals surface area (Å²) in [6.45, 7) is 0. The molecule has 1 nitrogen and oxygen atoms in total. The van der Waals surface area contributed by atoms with Crippen molar-refractivity contribution in [1.82, 2.24) is 0 Å². The number of carbonyl (C=O) groups excluding carboxylic acids is 1. The molecule has 0 atom stereocenters. The van der Waals surface area contributed by atoms with Crippen LogP contribution < -0.4 is 0 Å². The molecule has 0 bridgehead atoms. The maximum Gasteiger partial charge on any atom is 0.167 e. The predicted octanol–water partition coefficient (Wildman–Crippen LogP) is 4.29. The van der Waals surface area contributed by atoms with Crippen LogP contribution in [0.5, 0.6) is 0 Å². The number of Topliss-reactive ketones (excluding diaryl/α,β-unsaturated/α-hetero) is 1. The van der Waals surface area contributed by atoms with Crippen molar-refractivity contribution < 1.29 is 18.0 Å². The highest BCUT2D eigenvalue weighted by Crippen LogP contribution is 2.19. The fourth-order valence-corrected chi connectivity index (χ4v) is 1.88. The van der Waals surface area contributed by atoms with Gasteiger partial charge in [0, 0.05) is 17.5 Å². The van der Waals surface area contributed by atoms with Crippen molar-refractivity contribution in [3.8, 4) is 0 Å². The second kappa shape index (κ2) is 5.57. The van der Waals surface area contributed by atoms with Crippen molar-refractivity contribution >= 4 is 21.7 Å². The lowest BCUT2D eigenvalue weighted by Gasteiger charge is -2.05. The van der Waals surface area contributed by atoms with Crippen LogP contribution in [-0.4, -0.2) is 5.78 Å². The van der Waals surface area contributed by atoms with Crippen molar-refractivity contribution in [3.63, 3.8) is 0 Å². The monoisotopic (exact) mass is 328 g/mol. The Balaban J connectivity index is 2.28. The van der Waals surface area contributed by atoms with Gasteiger partial charge in [-0.2, -0.15) is 0 Å². The van der Waals surface area contributed by atoms with Crippen LogP contribution >= 0.6 is 15.9 Å². The Kier molecular flexibility index (Phi) is 4.04. The number of halogens is 4. The molecule has 98 valence electrons. The van der Waals surface area contributed by atoms with E-state index in [1.54, 1.807) is 0 Å². The molecule has 0 spiro atoms. The lowest BCUT2D eigenvalue weighted by Crippen LogP contribution is -2.07. The molecule has 0 amide bonds. The number of hydrogen-bond donors (Lipinski definition) is 0. The zero-order valence-electron chi connectivity index (χ0n) is 9.59. The van der Waals surface area contributed by atoms with Gasteiger partial charge in [0.25, 0.3) is 0 Å². The number of carbonyl (C=O) groups is 1. The second-order valence-corrected chi connectivity index (χ2v) is 4.78. The molecule has 19 heavy (non-hydrogen) atoms. The highest BCUT2D eigenvalue weighted by Gasteiger charge is 2.15. The Morgan fingerprint density at radius 2 is 1.63 bits per heavy atom. The van der Waals surface area contributed by atoms with E-state index in [9.17, 15) is 18.0 Å². The Hall–Kier alpha value is -1.62. The Labute approximate surface area is 116 Å². The third-order valence-electron chi connectivity index (χ3n) is 2.64. The quantitative estimate of drug-likeness (QED) is 0.768. The Morgan fingerprint density at radius 1 is 1.00 bits per heavy atom. The minimum absolute atomic E-state index is 0.0725. The molecule has 2 rings (SSSR count). The Bertz CT molecular complexity index is 620. The van der Waals surface area contributed by atoms with Crippen LogP contribution in [-0.2, 0) is 6.42 Å². The average Bonchev–Trinajstić information content (AvgIpc) is 2.37. The summed E-state index contributed by atoms with van der Waals surface area (Å²) in [5.41, 5.74) is -0.237. The molecule has 0 saturated heterocycles. The van der Waals surface area contributed by atoms with E-state index in [0.29, 0.717) is 0 Å². The van der Waals surface area contributed by atoms with Crippen molar-refractivity contribution in [2.45, 2.75) is 6.42 Å². The molecule has 0 aliphatic heterocycles. The minimum Gasteiger partial charge on any atom is -0.294 e. The Morgan fingerprint density at radius 3 is 2.21 bits per heavy atom. The molecular weight excluding hydrogens is 321 g/mol. The molecule has 5 heteroatoms. The van der Waals surface area contributed by atoms with Crippen LogP contribution in [0.2, 0.25) is 0 Å². The van der Waals surface area contributed by atoms with Gasteiger partial charge >= 0.3 is 0 Å². The first-order chi connectivity index (χ1) is 8.99. The molecule has 0 aromatic heterocycles. The van der Waals surface area contributed by atoms with Gasteiger partial charge in [0.15, 0.2) is 5.78 Å². The molecule has 0 saturated carbocycles. The predicted molar refractivity (Wildman–Crippen MR) is 68.5 cm³/mol. The zero-order chi connectivity index (χ0) is 14.0. The third kappa shape index (κ3) is 3.04. The van der Waals surface area contributed by atoms with E-state index < -0.39 is 29.7 Å². The second-order valence-electron chi connectivity index (χ2n) is 3.93. The summed E-state index contributed by atoms with van der Waals surface area (Å²) in [6.07, 6.45) is -0.445. The first-order valence-electron chi connectivity index (χ1n) is 5.40. The van der Waals surface area contributed by atoms with Crippen molar-refractivity contribution in [2.75, 3.05) is 0 Å². The number of hydrogen-bond acceptors (Lipinski definition) is 1. The fraction of sp³-hybridized carbons (Fsp3) is 0.0714. The molecule has 2 aromatic carbocycles. The molecule has 0 fully saturated rings. The topological polar surface area (TPSA) is 17.1 Å². The highest BCUT2D eigenvalue weighted by atomic mass is 79.9. The van der Waals surface area contributed by atoms with Crippen LogP contribution in [0.25, 0.3) is 0 Å². The molecular formula is C14H8BrF3O. The van der Waals surface area contributed by atoms with Gasteiger partial charge < -0.3 is 0 Å². The number of rotatable bonds is 3. The lowest BCUT2D eigenvalue weighted by atomic mass is 10.0. The van der Waals surface area contributed by atoms with Gasteiger partial charge in [-0.1, -0.05) is 12.1 Å². The molecule has 0 unspecified atom stereocenters. The maximum atomic E-state index is 13.4. The molecule has 0 heterocycles. The van der Waals surface area contributed by atoms with Gasteiger partial charge in [0.2, 0.25) is 0 Å². The fourth-order valence-electron chi connectivity index (χ4n) is 1.63. The summed E-state index contributed by atoms with van der Waals surface area (Å²) >= 11 is 2.96. The molecule has 0 radical (unpaired) electrons. The largest absolute Gasteiger partial charge is 0.294 e. The maximum absolute atomic E-state index is 13.4. The summed E-state index contributed by atoms with van der Waals surface area (Å²) in [5, 5.41) is 0. The van der Waals surface area contributed by atoms with E-state index in [0.717, 1.165) is 18.2 Å². The van der Waals surface area contributed by atoms with E-state index >= 15 is 0 Å². The van der Waals surface area contributed by atoms with Crippen LogP contribution in [0.15, 0.2) is 40.9 Å². The molecule has 0 aliphatic carbocycles. The highest BCUT2D eigenvalue weighted by molar-refractivity contribution is 9.10. The summed E-state index contributed by atoms with van der Waals surface area (Å²) in [5.74, 6) is -2.72. The molecule has 0 N–H and O–H groups in total. The average molecular weight is 329 g/mol. The van der Waals surface area contributed by atoms with Gasteiger partial charge in [-0.25, -0.2) is 13.2 Å². The van der Waals surface area contributed by atoms with Crippen LogP contribution in [0, 0.1) is 17.5 Å². The van der Waals surface area contributed by atoms with E-state index in [1.807, 2.05) is 0 Å². The number of ketones is 1. The van der Waals surface area contributed by atoms with Crippen molar-refractivity contribution in [1.29, 1.82) is 0 Å². The standard InChI is InChI=1S/C14H8BrF3O/c15-10-5-4-8(6-13(10)18)14(19)7-9-11(16)2-1-3-12(9)17/h1-6H,7H2. The molecule has 0 aliphatic rings. The van der Waals surface area contributed by atoms with Crippen molar-refractivity contribution in [2.24, 2.45) is 0 Å². The van der Waals surface area contributed by atoms with Gasteiger partial charge in [-0.15, -0.1) is 0 Å². The number of benzene rings is 2. The van der Waals surface area contributed by atoms with Crippen LogP contribution in [0.1, 0.15) is 15.9 Å². The normalized spacial score (nSPS) is 10.5. The summed E-state index contributed by atoms with van der Waals surface area (Å²) in [4.78, 5) is 11.9. The van der Waals surface area contributed by atoms with E-state index in [1.165, 1.54) is 18.2 Å². The van der Waals surface area contributed by atoms with Gasteiger partial charge in [-0.3, -0.25) is 4.79 Å². The first-order valence-corrected chi connectivity index (χ1v) is 6.19. The van der Waals surface area contributed by atoms with Crippen LogP contribution in [0.4, 0.5) is 13.2 Å². The third-order valence-corrected chi connectivity index (χ3v) is 3.28. The summed E-state index contributed by atoms with van der Waals surface area (Å²) in [6, 6.07) is 7.18. The van der Waals surface area contributed by atoms with E-state index in [2.05, 4.69) is 15.9 Å². The minimum atomic E-state index is -0.786. The smallest absolute Gasteiger partial charge is 0.167 e. The zero-order valence-corrected chi connectivity index (χ0v) is 11.2. The van der Waals surface area contributed by atoms with Gasteiger partial charge in [-0.05, 0) is 40.2 Å². The van der Waals surface area contributed by atoms with E-state index in [4.69, 9.17) is 0 Å².